The molecule has 2 rings (SSSR count). The first-order valence-corrected chi connectivity index (χ1v) is 6.64. The van der Waals surface area contributed by atoms with Crippen LogP contribution in [0.2, 0.25) is 0 Å². The molecule has 0 saturated carbocycles. The number of aliphatic imine (C=N–C) groups is 1. The van der Waals surface area contributed by atoms with Crippen molar-refractivity contribution in [2.75, 3.05) is 24.8 Å². The molecule has 2 heterocycles. The molecule has 0 radical (unpaired) electrons. The molecule has 0 saturated heterocycles. The van der Waals surface area contributed by atoms with Gasteiger partial charge in [0.05, 0.1) is 17.9 Å². The number of amidine groups is 1. The summed E-state index contributed by atoms with van der Waals surface area (Å²) in [7, 11) is 1.73. The van der Waals surface area contributed by atoms with Crippen LogP contribution in [0, 0.1) is 6.92 Å². The fourth-order valence-electron chi connectivity index (χ4n) is 1.63. The van der Waals surface area contributed by atoms with E-state index < -0.39 is 0 Å². The summed E-state index contributed by atoms with van der Waals surface area (Å²) in [5.41, 5.74) is 2.15. The third-order valence-electron chi connectivity index (χ3n) is 2.49. The van der Waals surface area contributed by atoms with Crippen molar-refractivity contribution < 1.29 is 4.74 Å². The maximum atomic E-state index is 5.06. The van der Waals surface area contributed by atoms with Crippen molar-refractivity contribution in [2.45, 2.75) is 19.4 Å². The van der Waals surface area contributed by atoms with E-state index >= 15 is 0 Å². The number of rotatable bonds is 4. The minimum absolute atomic E-state index is 0.375. The van der Waals surface area contributed by atoms with Crippen LogP contribution in [0.25, 0.3) is 0 Å². The van der Waals surface area contributed by atoms with E-state index in [1.54, 1.807) is 18.9 Å². The lowest BCUT2D eigenvalue weighted by Gasteiger charge is -2.04. The molecule has 1 aliphatic heterocycles. The summed E-state index contributed by atoms with van der Waals surface area (Å²) in [4.78, 5) is 8.76. The predicted molar refractivity (Wildman–Crippen MR) is 72.8 cm³/mol. The number of nitrogens with zero attached hydrogens (tertiary/aromatic N) is 2. The maximum Gasteiger partial charge on any atom is 0.161 e. The molecule has 92 valence electrons. The van der Waals surface area contributed by atoms with Crippen LogP contribution in [0.15, 0.2) is 23.5 Å². The molecule has 1 N–H and O–H groups in total. The van der Waals surface area contributed by atoms with Crippen molar-refractivity contribution >= 4 is 22.6 Å². The number of aromatic nitrogens is 1. The Kier molecular flexibility index (Phi) is 4.39. The van der Waals surface area contributed by atoms with Gasteiger partial charge >= 0.3 is 0 Å². The van der Waals surface area contributed by atoms with Crippen LogP contribution in [0.4, 0.5) is 5.69 Å². The molecule has 1 aromatic heterocycles. The van der Waals surface area contributed by atoms with Gasteiger partial charge in [0.2, 0.25) is 0 Å². The molecule has 0 fully saturated rings. The number of nitrogens with one attached hydrogen (secondary N) is 1. The topological polar surface area (TPSA) is 46.5 Å². The molecule has 1 atom stereocenters. The molecule has 0 bridgehead atoms. The molecule has 1 aliphatic rings. The van der Waals surface area contributed by atoms with Crippen LogP contribution in [0.1, 0.15) is 12.0 Å². The van der Waals surface area contributed by atoms with Gasteiger partial charge < -0.3 is 10.1 Å². The number of hydrogen-bond acceptors (Lipinski definition) is 5. The Morgan fingerprint density at radius 3 is 3.18 bits per heavy atom. The molecule has 0 aliphatic carbocycles. The fraction of sp³-hybridized carbons (Fsp3) is 0.500. The number of hydrogen-bond donors (Lipinski definition) is 1. The molecule has 0 spiro atoms. The zero-order valence-electron chi connectivity index (χ0n) is 10.1. The summed E-state index contributed by atoms with van der Waals surface area (Å²) >= 11 is 1.76. The average molecular weight is 251 g/mol. The number of ether oxygens (including phenoxy) is 1. The maximum absolute atomic E-state index is 5.06. The first-order valence-electron chi connectivity index (χ1n) is 5.66. The van der Waals surface area contributed by atoms with E-state index in [2.05, 4.69) is 21.4 Å². The summed E-state index contributed by atoms with van der Waals surface area (Å²) in [6.45, 7) is 2.80. The Morgan fingerprint density at radius 1 is 1.53 bits per heavy atom. The molecule has 17 heavy (non-hydrogen) atoms. The van der Waals surface area contributed by atoms with Crippen molar-refractivity contribution in [3.63, 3.8) is 0 Å². The van der Waals surface area contributed by atoms with E-state index in [-0.39, 0.29) is 0 Å². The van der Waals surface area contributed by atoms with Crippen molar-refractivity contribution in [1.82, 2.24) is 4.98 Å². The first kappa shape index (κ1) is 12.4. The average Bonchev–Trinajstić information content (AvgIpc) is 2.74. The van der Waals surface area contributed by atoms with E-state index in [1.165, 1.54) is 0 Å². The predicted octanol–water partition coefficient (Wildman–Crippen LogP) is 2.31. The molecular weight excluding hydrogens is 234 g/mol. The van der Waals surface area contributed by atoms with Crippen molar-refractivity contribution in [3.8, 4) is 0 Å². The summed E-state index contributed by atoms with van der Waals surface area (Å²) in [6.07, 6.45) is 4.65. The van der Waals surface area contributed by atoms with Gasteiger partial charge in [-0.15, -0.1) is 0 Å². The lowest BCUT2D eigenvalue weighted by Crippen LogP contribution is -2.08. The molecule has 1 unspecified atom stereocenters. The van der Waals surface area contributed by atoms with E-state index in [0.717, 1.165) is 35.2 Å². The van der Waals surface area contributed by atoms with E-state index in [1.807, 2.05) is 19.3 Å². The van der Waals surface area contributed by atoms with Crippen LogP contribution < -0.4 is 5.32 Å². The smallest absolute Gasteiger partial charge is 0.161 e. The van der Waals surface area contributed by atoms with Gasteiger partial charge in [0.25, 0.3) is 0 Å². The summed E-state index contributed by atoms with van der Waals surface area (Å²) in [5, 5.41) is 4.28. The van der Waals surface area contributed by atoms with Crippen LogP contribution in [0.5, 0.6) is 0 Å². The zero-order valence-corrected chi connectivity index (χ0v) is 11.0. The standard InChI is InChI=1S/C12H17N3OS/c1-9-5-11(7-13-6-9)15-12-14-10(8-17-12)3-4-16-2/h5-7,10H,3-4,8H2,1-2H3,(H,14,15). The van der Waals surface area contributed by atoms with Gasteiger partial charge in [-0.3, -0.25) is 9.98 Å². The van der Waals surface area contributed by atoms with Crippen LogP contribution in [-0.2, 0) is 4.74 Å². The highest BCUT2D eigenvalue weighted by molar-refractivity contribution is 8.14. The number of aryl methyl sites for hydroxylation is 1. The van der Waals surface area contributed by atoms with Crippen LogP contribution in [0.3, 0.4) is 0 Å². The minimum Gasteiger partial charge on any atom is -0.385 e. The highest BCUT2D eigenvalue weighted by atomic mass is 32.2. The second kappa shape index (κ2) is 6.02. The lowest BCUT2D eigenvalue weighted by atomic mass is 10.2. The number of thioether (sulfide) groups is 1. The first-order chi connectivity index (χ1) is 8.28. The van der Waals surface area contributed by atoms with Gasteiger partial charge in [-0.25, -0.2) is 0 Å². The molecule has 0 aromatic carbocycles. The number of methoxy groups -OCH3 is 1. The van der Waals surface area contributed by atoms with Gasteiger partial charge in [0.15, 0.2) is 5.17 Å². The minimum atomic E-state index is 0.375. The van der Waals surface area contributed by atoms with Gasteiger partial charge in [-0.2, -0.15) is 0 Å². The second-order valence-electron chi connectivity index (χ2n) is 4.06. The Balaban J connectivity index is 1.91. The Bertz CT molecular complexity index is 408. The molecular formula is C12H17N3OS. The summed E-state index contributed by atoms with van der Waals surface area (Å²) in [6, 6.07) is 2.44. The summed E-state index contributed by atoms with van der Waals surface area (Å²) in [5.74, 6) is 1.03. The van der Waals surface area contributed by atoms with Crippen LogP contribution in [-0.4, -0.2) is 35.7 Å². The molecule has 4 nitrogen and oxygen atoms in total. The SMILES string of the molecule is COCCC1CSC(Nc2cncc(C)c2)=N1. The second-order valence-corrected chi connectivity index (χ2v) is 5.07. The molecule has 5 heteroatoms. The lowest BCUT2D eigenvalue weighted by molar-refractivity contribution is 0.190. The Labute approximate surface area is 106 Å². The van der Waals surface area contributed by atoms with Crippen molar-refractivity contribution in [3.05, 3.63) is 24.0 Å². The van der Waals surface area contributed by atoms with Gasteiger partial charge in [0.1, 0.15) is 0 Å². The van der Waals surface area contributed by atoms with Gasteiger partial charge in [-0.05, 0) is 25.0 Å². The zero-order chi connectivity index (χ0) is 12.1. The van der Waals surface area contributed by atoms with Crippen molar-refractivity contribution in [1.29, 1.82) is 0 Å². The number of pyridine rings is 1. The van der Waals surface area contributed by atoms with E-state index in [4.69, 9.17) is 4.74 Å². The highest BCUT2D eigenvalue weighted by Crippen LogP contribution is 2.22. The Hall–Kier alpha value is -1.07. The molecule has 1 aromatic rings. The van der Waals surface area contributed by atoms with Crippen LogP contribution >= 0.6 is 11.8 Å². The third-order valence-corrected chi connectivity index (χ3v) is 3.53. The fourth-order valence-corrected chi connectivity index (χ4v) is 2.64. The summed E-state index contributed by atoms with van der Waals surface area (Å²) < 4.78 is 5.06. The van der Waals surface area contributed by atoms with Gasteiger partial charge in [-0.1, -0.05) is 11.8 Å². The highest BCUT2D eigenvalue weighted by Gasteiger charge is 2.17. The normalized spacial score (nSPS) is 19.2. The monoisotopic (exact) mass is 251 g/mol. The third kappa shape index (κ3) is 3.71. The Morgan fingerprint density at radius 2 is 2.41 bits per heavy atom. The molecule has 0 amide bonds. The quantitative estimate of drug-likeness (QED) is 0.892. The van der Waals surface area contributed by atoms with E-state index in [0.29, 0.717) is 6.04 Å². The number of anilines is 1. The largest absolute Gasteiger partial charge is 0.385 e. The van der Waals surface area contributed by atoms with E-state index in [9.17, 15) is 0 Å². The van der Waals surface area contributed by atoms with Gasteiger partial charge in [0, 0.05) is 25.7 Å². The van der Waals surface area contributed by atoms with Crippen molar-refractivity contribution in [2.24, 2.45) is 4.99 Å².